The number of amides is 1. The second-order valence-corrected chi connectivity index (χ2v) is 6.22. The van der Waals surface area contributed by atoms with Crippen molar-refractivity contribution in [1.29, 1.82) is 0 Å². The third-order valence-corrected chi connectivity index (χ3v) is 3.82. The lowest BCUT2D eigenvalue weighted by molar-refractivity contribution is 0.102. The molecular formula is C15H13Br2NO. The van der Waals surface area contributed by atoms with Crippen LogP contribution in [-0.4, -0.2) is 5.91 Å². The van der Waals surface area contributed by atoms with Crippen molar-refractivity contribution in [3.05, 3.63) is 62.0 Å². The first-order valence-corrected chi connectivity index (χ1v) is 7.39. The average Bonchev–Trinajstić information content (AvgIpc) is 2.32. The van der Waals surface area contributed by atoms with Crippen LogP contribution in [0.5, 0.6) is 0 Å². The summed E-state index contributed by atoms with van der Waals surface area (Å²) in [5, 5.41) is 2.92. The first-order chi connectivity index (χ1) is 8.95. The van der Waals surface area contributed by atoms with E-state index in [4.69, 9.17) is 0 Å². The zero-order valence-electron chi connectivity index (χ0n) is 10.6. The molecule has 2 nitrogen and oxygen atoms in total. The van der Waals surface area contributed by atoms with Gasteiger partial charge >= 0.3 is 0 Å². The number of hydrogen-bond acceptors (Lipinski definition) is 1. The molecule has 19 heavy (non-hydrogen) atoms. The van der Waals surface area contributed by atoms with Crippen molar-refractivity contribution >= 4 is 43.5 Å². The van der Waals surface area contributed by atoms with Crippen LogP contribution < -0.4 is 5.32 Å². The molecule has 2 aromatic rings. The molecule has 0 aromatic heterocycles. The molecule has 1 amide bonds. The van der Waals surface area contributed by atoms with Crippen LogP contribution in [0.2, 0.25) is 0 Å². The number of rotatable bonds is 2. The Morgan fingerprint density at radius 3 is 2.42 bits per heavy atom. The van der Waals surface area contributed by atoms with Crippen LogP contribution in [0.25, 0.3) is 0 Å². The number of carbonyl (C=O) groups excluding carboxylic acids is 1. The Kier molecular flexibility index (Phi) is 4.42. The van der Waals surface area contributed by atoms with Gasteiger partial charge in [-0.15, -0.1) is 0 Å². The fourth-order valence-electron chi connectivity index (χ4n) is 1.80. The predicted octanol–water partition coefficient (Wildman–Crippen LogP) is 5.08. The van der Waals surface area contributed by atoms with Crippen LogP contribution >= 0.6 is 31.9 Å². The van der Waals surface area contributed by atoms with Crippen LogP contribution in [0.3, 0.4) is 0 Å². The summed E-state index contributed by atoms with van der Waals surface area (Å²) in [4.78, 5) is 12.2. The highest BCUT2D eigenvalue weighted by Gasteiger charge is 2.09. The van der Waals surface area contributed by atoms with Gasteiger partial charge in [0.2, 0.25) is 0 Å². The van der Waals surface area contributed by atoms with Crippen molar-refractivity contribution < 1.29 is 4.79 Å². The molecule has 1 N–H and O–H groups in total. The molecule has 0 aliphatic heterocycles. The van der Waals surface area contributed by atoms with E-state index in [0.29, 0.717) is 5.56 Å². The van der Waals surface area contributed by atoms with Gasteiger partial charge in [-0.25, -0.2) is 0 Å². The Morgan fingerprint density at radius 2 is 1.74 bits per heavy atom. The molecule has 0 aliphatic carbocycles. The maximum Gasteiger partial charge on any atom is 0.255 e. The van der Waals surface area contributed by atoms with E-state index >= 15 is 0 Å². The van der Waals surface area contributed by atoms with Crippen LogP contribution in [0.15, 0.2) is 45.3 Å². The number of nitrogens with one attached hydrogen (secondary N) is 1. The highest BCUT2D eigenvalue weighted by atomic mass is 79.9. The van der Waals surface area contributed by atoms with Gasteiger partial charge in [-0.05, 0) is 71.2 Å². The summed E-state index contributed by atoms with van der Waals surface area (Å²) >= 11 is 6.84. The van der Waals surface area contributed by atoms with Gasteiger partial charge in [0.15, 0.2) is 0 Å². The van der Waals surface area contributed by atoms with E-state index in [-0.39, 0.29) is 5.91 Å². The molecule has 0 radical (unpaired) electrons. The van der Waals surface area contributed by atoms with Gasteiger partial charge < -0.3 is 5.32 Å². The van der Waals surface area contributed by atoms with Crippen LogP contribution in [0.1, 0.15) is 21.5 Å². The summed E-state index contributed by atoms with van der Waals surface area (Å²) in [7, 11) is 0. The van der Waals surface area contributed by atoms with Crippen molar-refractivity contribution in [2.75, 3.05) is 5.32 Å². The van der Waals surface area contributed by atoms with E-state index in [0.717, 1.165) is 25.8 Å². The number of aryl methyl sites for hydroxylation is 2. The molecule has 0 spiro atoms. The van der Waals surface area contributed by atoms with Crippen molar-refractivity contribution in [1.82, 2.24) is 0 Å². The molecule has 98 valence electrons. The Hall–Kier alpha value is -1.13. The van der Waals surface area contributed by atoms with E-state index < -0.39 is 0 Å². The predicted molar refractivity (Wildman–Crippen MR) is 85.7 cm³/mol. The van der Waals surface area contributed by atoms with E-state index in [9.17, 15) is 4.79 Å². The highest BCUT2D eigenvalue weighted by molar-refractivity contribution is 9.10. The highest BCUT2D eigenvalue weighted by Crippen LogP contribution is 2.24. The average molecular weight is 383 g/mol. The number of carbonyl (C=O) groups is 1. The van der Waals surface area contributed by atoms with Gasteiger partial charge in [0.1, 0.15) is 0 Å². The zero-order chi connectivity index (χ0) is 14.0. The molecule has 0 saturated carbocycles. The van der Waals surface area contributed by atoms with E-state index in [1.54, 1.807) is 0 Å². The second kappa shape index (κ2) is 5.88. The molecule has 0 saturated heterocycles. The van der Waals surface area contributed by atoms with E-state index in [1.165, 1.54) is 0 Å². The zero-order valence-corrected chi connectivity index (χ0v) is 13.8. The summed E-state index contributed by atoms with van der Waals surface area (Å²) in [6.45, 7) is 3.95. The fraction of sp³-hybridized carbons (Fsp3) is 0.133. The van der Waals surface area contributed by atoms with Crippen molar-refractivity contribution in [3.8, 4) is 0 Å². The standard InChI is InChI=1S/C15H13Br2NO/c1-9-3-4-13(17)14(7-9)18-15(19)11-5-10(2)6-12(16)8-11/h3-8H,1-2H3,(H,18,19). The molecule has 4 heteroatoms. The minimum atomic E-state index is -0.115. The van der Waals surface area contributed by atoms with Crippen molar-refractivity contribution in [2.45, 2.75) is 13.8 Å². The van der Waals surface area contributed by atoms with Crippen LogP contribution in [0.4, 0.5) is 5.69 Å². The number of benzene rings is 2. The van der Waals surface area contributed by atoms with Gasteiger partial charge in [0.25, 0.3) is 5.91 Å². The lowest BCUT2D eigenvalue weighted by atomic mass is 10.1. The summed E-state index contributed by atoms with van der Waals surface area (Å²) in [6.07, 6.45) is 0. The molecule has 2 rings (SSSR count). The number of hydrogen-bond donors (Lipinski definition) is 1. The second-order valence-electron chi connectivity index (χ2n) is 4.45. The van der Waals surface area contributed by atoms with Crippen LogP contribution in [-0.2, 0) is 0 Å². The third kappa shape index (κ3) is 3.67. The van der Waals surface area contributed by atoms with Crippen LogP contribution in [0, 0.1) is 13.8 Å². The smallest absolute Gasteiger partial charge is 0.255 e. The summed E-state index contributed by atoms with van der Waals surface area (Å²) in [6, 6.07) is 11.5. The maximum absolute atomic E-state index is 12.2. The third-order valence-electron chi connectivity index (χ3n) is 2.67. The lowest BCUT2D eigenvalue weighted by Gasteiger charge is -2.09. The number of anilines is 1. The summed E-state index contributed by atoms with van der Waals surface area (Å²) in [5.74, 6) is -0.115. The van der Waals surface area contributed by atoms with Gasteiger partial charge in [-0.1, -0.05) is 22.0 Å². The van der Waals surface area contributed by atoms with Gasteiger partial charge in [0.05, 0.1) is 5.69 Å². The van der Waals surface area contributed by atoms with Crippen molar-refractivity contribution in [3.63, 3.8) is 0 Å². The largest absolute Gasteiger partial charge is 0.321 e. The summed E-state index contributed by atoms with van der Waals surface area (Å²) in [5.41, 5.74) is 3.56. The molecular weight excluding hydrogens is 370 g/mol. The quantitative estimate of drug-likeness (QED) is 0.770. The Bertz CT molecular complexity index is 618. The first kappa shape index (κ1) is 14.3. The van der Waals surface area contributed by atoms with Gasteiger partial charge in [-0.2, -0.15) is 0 Å². The minimum Gasteiger partial charge on any atom is -0.321 e. The van der Waals surface area contributed by atoms with Gasteiger partial charge in [0, 0.05) is 14.5 Å². The number of halogens is 2. The molecule has 0 unspecified atom stereocenters. The minimum absolute atomic E-state index is 0.115. The molecule has 0 atom stereocenters. The molecule has 0 aliphatic rings. The first-order valence-electron chi connectivity index (χ1n) is 5.80. The molecule has 0 bridgehead atoms. The van der Waals surface area contributed by atoms with Gasteiger partial charge in [-0.3, -0.25) is 4.79 Å². The molecule has 0 fully saturated rings. The topological polar surface area (TPSA) is 29.1 Å². The van der Waals surface area contributed by atoms with Crippen molar-refractivity contribution in [2.24, 2.45) is 0 Å². The van der Waals surface area contributed by atoms with E-state index in [1.807, 2.05) is 50.2 Å². The lowest BCUT2D eigenvalue weighted by Crippen LogP contribution is -2.12. The Labute approximate surface area is 129 Å². The normalized spacial score (nSPS) is 10.3. The Morgan fingerprint density at radius 1 is 1.00 bits per heavy atom. The molecule has 0 heterocycles. The maximum atomic E-state index is 12.2. The monoisotopic (exact) mass is 381 g/mol. The SMILES string of the molecule is Cc1cc(Br)cc(C(=O)Nc2cc(C)ccc2Br)c1. The van der Waals surface area contributed by atoms with E-state index in [2.05, 4.69) is 37.2 Å². The fourth-order valence-corrected chi connectivity index (χ4v) is 2.75. The summed E-state index contributed by atoms with van der Waals surface area (Å²) < 4.78 is 1.78. The Balaban J connectivity index is 2.28. The molecule has 2 aromatic carbocycles.